The van der Waals surface area contributed by atoms with E-state index in [-0.39, 0.29) is 11.7 Å². The molecule has 0 bridgehead atoms. The highest BCUT2D eigenvalue weighted by Gasteiger charge is 2.16. The molecule has 0 aliphatic carbocycles. The molecule has 2 aromatic carbocycles. The van der Waals surface area contributed by atoms with Crippen molar-refractivity contribution in [2.45, 2.75) is 4.34 Å². The van der Waals surface area contributed by atoms with Crippen LogP contribution in [0.4, 0.5) is 5.69 Å². The van der Waals surface area contributed by atoms with Crippen LogP contribution in [0, 0.1) is 0 Å². The minimum Gasteiger partial charge on any atom is -0.325 e. The third-order valence-corrected chi connectivity index (χ3v) is 6.48. The van der Waals surface area contributed by atoms with E-state index >= 15 is 0 Å². The molecule has 1 N–H and O–H groups in total. The van der Waals surface area contributed by atoms with Crippen LogP contribution in [0.1, 0.15) is 0 Å². The van der Waals surface area contributed by atoms with Crippen molar-refractivity contribution in [1.82, 2.24) is 19.8 Å². The first-order chi connectivity index (χ1) is 13.1. The molecule has 10 heteroatoms. The number of nitrogens with one attached hydrogen (secondary N) is 1. The van der Waals surface area contributed by atoms with Crippen LogP contribution in [-0.4, -0.2) is 31.5 Å². The lowest BCUT2D eigenvalue weighted by Crippen LogP contribution is -2.13. The average Bonchev–Trinajstić information content (AvgIpc) is 3.21. The van der Waals surface area contributed by atoms with Crippen LogP contribution < -0.4 is 5.32 Å². The predicted octanol–water partition coefficient (Wildman–Crippen LogP) is 5.00. The summed E-state index contributed by atoms with van der Waals surface area (Å²) in [6, 6.07) is 14.8. The Hall–Kier alpha value is -1.94. The van der Waals surface area contributed by atoms with Gasteiger partial charge in [0, 0.05) is 20.7 Å². The second-order valence-electron chi connectivity index (χ2n) is 5.41. The summed E-state index contributed by atoms with van der Waals surface area (Å²) in [4.78, 5) is 12.8. The van der Waals surface area contributed by atoms with Crippen molar-refractivity contribution in [3.63, 3.8) is 0 Å². The number of hydrogen-bond donors (Lipinski definition) is 1. The Labute approximate surface area is 176 Å². The lowest BCUT2D eigenvalue weighted by Gasteiger charge is -2.04. The highest BCUT2D eigenvalue weighted by Crippen LogP contribution is 2.30. The highest BCUT2D eigenvalue weighted by molar-refractivity contribution is 9.10. The van der Waals surface area contributed by atoms with Crippen molar-refractivity contribution in [2.75, 3.05) is 11.1 Å². The number of amides is 1. The molecule has 0 saturated carbocycles. The zero-order valence-electron chi connectivity index (χ0n) is 13.6. The number of fused-ring (bicyclic) bond motifs is 1. The molecule has 0 fully saturated rings. The van der Waals surface area contributed by atoms with Crippen LogP contribution in [0.25, 0.3) is 16.3 Å². The molecule has 27 heavy (non-hydrogen) atoms. The smallest absolute Gasteiger partial charge is 0.235 e. The Kier molecular flexibility index (Phi) is 5.44. The molecule has 0 saturated heterocycles. The molecule has 6 nitrogen and oxygen atoms in total. The molecule has 0 aliphatic rings. The lowest BCUT2D eigenvalue weighted by molar-refractivity contribution is -0.113. The van der Waals surface area contributed by atoms with Crippen LogP contribution in [0.3, 0.4) is 0 Å². The number of anilines is 1. The molecule has 0 radical (unpaired) electrons. The van der Waals surface area contributed by atoms with Gasteiger partial charge in [0.1, 0.15) is 0 Å². The Morgan fingerprint density at radius 3 is 2.89 bits per heavy atom. The molecule has 1 amide bonds. The summed E-state index contributed by atoms with van der Waals surface area (Å²) in [7, 11) is 0. The topological polar surface area (TPSA) is 72.2 Å². The molecule has 0 spiro atoms. The minimum absolute atomic E-state index is 0.126. The number of carbonyl (C=O) groups excluding carboxylic acids is 1. The largest absolute Gasteiger partial charge is 0.325 e. The zero-order chi connectivity index (χ0) is 18.8. The minimum atomic E-state index is -0.126. The molecule has 2 aromatic heterocycles. The van der Waals surface area contributed by atoms with Gasteiger partial charge in [0.15, 0.2) is 10.2 Å². The SMILES string of the molecule is O=C(CSc1nn2c(-c3ccccc3Br)nnc2s1)Nc1cccc(Cl)c1. The van der Waals surface area contributed by atoms with Crippen LogP contribution in [0.5, 0.6) is 0 Å². The first kappa shape index (κ1) is 18.4. The van der Waals surface area contributed by atoms with Crippen molar-refractivity contribution in [1.29, 1.82) is 0 Å². The lowest BCUT2D eigenvalue weighted by atomic mass is 10.2. The fraction of sp³-hybridized carbons (Fsp3) is 0.0588. The van der Waals surface area contributed by atoms with Crippen molar-refractivity contribution in [2.24, 2.45) is 0 Å². The highest BCUT2D eigenvalue weighted by atomic mass is 79.9. The third kappa shape index (κ3) is 4.16. The number of rotatable bonds is 5. The van der Waals surface area contributed by atoms with Crippen LogP contribution in [0.15, 0.2) is 57.3 Å². The van der Waals surface area contributed by atoms with Gasteiger partial charge in [0.25, 0.3) is 0 Å². The molecule has 0 aliphatic heterocycles. The summed E-state index contributed by atoms with van der Waals surface area (Å²) in [6.07, 6.45) is 0. The number of thioether (sulfide) groups is 1. The van der Waals surface area contributed by atoms with E-state index in [1.807, 2.05) is 24.3 Å². The molecule has 0 unspecified atom stereocenters. The summed E-state index contributed by atoms with van der Waals surface area (Å²) in [5, 5.41) is 16.3. The average molecular weight is 481 g/mol. The Bertz CT molecular complexity index is 1130. The fourth-order valence-corrected chi connectivity index (χ4v) is 4.69. The Morgan fingerprint density at radius 2 is 2.07 bits per heavy atom. The fourth-order valence-electron chi connectivity index (χ4n) is 2.36. The first-order valence-electron chi connectivity index (χ1n) is 7.75. The predicted molar refractivity (Wildman–Crippen MR) is 113 cm³/mol. The van der Waals surface area contributed by atoms with E-state index in [9.17, 15) is 4.79 Å². The van der Waals surface area contributed by atoms with E-state index < -0.39 is 0 Å². The summed E-state index contributed by atoms with van der Waals surface area (Å²) < 4.78 is 3.36. The van der Waals surface area contributed by atoms with Gasteiger partial charge in [-0.25, -0.2) is 0 Å². The van der Waals surface area contributed by atoms with Crippen LogP contribution >= 0.6 is 50.6 Å². The number of carbonyl (C=O) groups is 1. The molecular formula is C17H11BrClN5OS2. The molecule has 0 atom stereocenters. The van der Waals surface area contributed by atoms with E-state index in [0.717, 1.165) is 14.4 Å². The Morgan fingerprint density at radius 1 is 1.22 bits per heavy atom. The number of hydrogen-bond acceptors (Lipinski definition) is 6. The van der Waals surface area contributed by atoms with Crippen molar-refractivity contribution >= 4 is 67.2 Å². The zero-order valence-corrected chi connectivity index (χ0v) is 17.6. The summed E-state index contributed by atoms with van der Waals surface area (Å²) in [5.41, 5.74) is 1.58. The van der Waals surface area contributed by atoms with E-state index in [1.54, 1.807) is 28.8 Å². The van der Waals surface area contributed by atoms with Crippen LogP contribution in [0.2, 0.25) is 5.02 Å². The molecule has 4 aromatic rings. The van der Waals surface area contributed by atoms with Gasteiger partial charge < -0.3 is 5.32 Å². The van der Waals surface area contributed by atoms with Crippen molar-refractivity contribution in [3.05, 3.63) is 58.0 Å². The first-order valence-corrected chi connectivity index (χ1v) is 10.7. The number of benzene rings is 2. The molecule has 2 heterocycles. The summed E-state index contributed by atoms with van der Waals surface area (Å²) >= 11 is 12.2. The van der Waals surface area contributed by atoms with Gasteiger partial charge in [-0.15, -0.1) is 15.3 Å². The number of halogens is 2. The van der Waals surface area contributed by atoms with Gasteiger partial charge in [-0.05, 0) is 30.3 Å². The normalized spacial score (nSPS) is 11.0. The van der Waals surface area contributed by atoms with E-state index in [1.165, 1.54) is 23.1 Å². The molecule has 136 valence electrons. The van der Waals surface area contributed by atoms with Gasteiger partial charge in [-0.3, -0.25) is 4.79 Å². The van der Waals surface area contributed by atoms with Gasteiger partial charge >= 0.3 is 0 Å². The molecule has 4 rings (SSSR count). The molecular weight excluding hydrogens is 470 g/mol. The Balaban J connectivity index is 1.47. The van der Waals surface area contributed by atoms with E-state index in [2.05, 4.69) is 36.5 Å². The van der Waals surface area contributed by atoms with E-state index in [4.69, 9.17) is 11.6 Å². The monoisotopic (exact) mass is 479 g/mol. The maximum atomic E-state index is 12.1. The summed E-state index contributed by atoms with van der Waals surface area (Å²) in [6.45, 7) is 0. The van der Waals surface area contributed by atoms with E-state index in [0.29, 0.717) is 21.5 Å². The van der Waals surface area contributed by atoms with Crippen LogP contribution in [-0.2, 0) is 4.79 Å². The third-order valence-electron chi connectivity index (χ3n) is 3.52. The summed E-state index contributed by atoms with van der Waals surface area (Å²) in [5.74, 6) is 0.768. The van der Waals surface area contributed by atoms with Gasteiger partial charge in [0.05, 0.1) is 5.75 Å². The standard InChI is InChI=1S/C17H11BrClN5OS2/c18-13-7-2-1-6-12(13)15-21-22-16-24(15)23-17(27-16)26-9-14(25)20-11-5-3-4-10(19)8-11/h1-8H,9H2,(H,20,25). The second-order valence-corrected chi connectivity index (χ2v) is 8.88. The number of nitrogens with zero attached hydrogens (tertiary/aromatic N) is 4. The number of aromatic nitrogens is 4. The van der Waals surface area contributed by atoms with Crippen molar-refractivity contribution in [3.8, 4) is 11.4 Å². The van der Waals surface area contributed by atoms with Crippen molar-refractivity contribution < 1.29 is 4.79 Å². The maximum Gasteiger partial charge on any atom is 0.235 e. The van der Waals surface area contributed by atoms with Gasteiger partial charge in [-0.2, -0.15) is 4.52 Å². The second kappa shape index (κ2) is 7.97. The van der Waals surface area contributed by atoms with Gasteiger partial charge in [-0.1, -0.05) is 68.8 Å². The quantitative estimate of drug-likeness (QED) is 0.407. The maximum absolute atomic E-state index is 12.1. The van der Waals surface area contributed by atoms with Gasteiger partial charge in [0.2, 0.25) is 10.9 Å².